The van der Waals surface area contributed by atoms with Crippen LogP contribution in [0.4, 0.5) is 0 Å². The summed E-state index contributed by atoms with van der Waals surface area (Å²) in [4.78, 5) is 23.8. The van der Waals surface area contributed by atoms with E-state index in [1.807, 2.05) is 35.2 Å². The largest absolute Gasteiger partial charge is 0.449 e. The number of amides is 1. The van der Waals surface area contributed by atoms with E-state index in [1.54, 1.807) is 24.3 Å². The third kappa shape index (κ3) is 3.85. The summed E-state index contributed by atoms with van der Waals surface area (Å²) in [5.74, 6) is -0.884. The molecule has 2 aromatic rings. The number of carbonyl (C=O) groups excluding carboxylic acids is 2. The second-order valence-corrected chi connectivity index (χ2v) is 4.72. The van der Waals surface area contributed by atoms with Gasteiger partial charge in [0.25, 0.3) is 5.91 Å². The third-order valence-corrected chi connectivity index (χ3v) is 3.06. The molecule has 0 saturated heterocycles. The number of esters is 1. The number of rotatable bonds is 6. The minimum Gasteiger partial charge on any atom is -0.449 e. The Kier molecular flexibility index (Phi) is 5.14. The van der Waals surface area contributed by atoms with E-state index in [2.05, 4.69) is 11.9 Å². The molecule has 0 spiro atoms. The van der Waals surface area contributed by atoms with E-state index in [-0.39, 0.29) is 5.91 Å². The SMILES string of the molecule is C=CCNC(=O)[C@H](C)OC(=O)c1cccc(-n2cccc2)c1. The zero-order chi connectivity index (χ0) is 15.9. The maximum absolute atomic E-state index is 12.1. The van der Waals surface area contributed by atoms with E-state index in [9.17, 15) is 9.59 Å². The van der Waals surface area contributed by atoms with Crippen LogP contribution in [0.15, 0.2) is 61.4 Å². The lowest BCUT2D eigenvalue weighted by atomic mass is 10.2. The number of ether oxygens (including phenoxy) is 1. The van der Waals surface area contributed by atoms with Gasteiger partial charge in [-0.1, -0.05) is 12.1 Å². The van der Waals surface area contributed by atoms with Crippen LogP contribution < -0.4 is 5.32 Å². The van der Waals surface area contributed by atoms with E-state index in [4.69, 9.17) is 4.74 Å². The summed E-state index contributed by atoms with van der Waals surface area (Å²) in [7, 11) is 0. The highest BCUT2D eigenvalue weighted by Crippen LogP contribution is 2.12. The summed E-state index contributed by atoms with van der Waals surface area (Å²) in [5.41, 5.74) is 1.25. The molecule has 1 aromatic carbocycles. The fraction of sp³-hybridized carbons (Fsp3) is 0.176. The Morgan fingerprint density at radius 1 is 1.32 bits per heavy atom. The van der Waals surface area contributed by atoms with Gasteiger partial charge in [0.15, 0.2) is 6.10 Å². The molecule has 1 amide bonds. The molecule has 1 heterocycles. The third-order valence-electron chi connectivity index (χ3n) is 3.06. The molecule has 0 radical (unpaired) electrons. The Morgan fingerprint density at radius 2 is 2.05 bits per heavy atom. The Bertz CT molecular complexity index is 662. The number of hydrogen-bond donors (Lipinski definition) is 1. The molecule has 1 N–H and O–H groups in total. The van der Waals surface area contributed by atoms with Crippen LogP contribution in [0.3, 0.4) is 0 Å². The zero-order valence-corrected chi connectivity index (χ0v) is 12.4. The summed E-state index contributed by atoms with van der Waals surface area (Å²) < 4.78 is 7.06. The number of hydrogen-bond acceptors (Lipinski definition) is 3. The second-order valence-electron chi connectivity index (χ2n) is 4.72. The van der Waals surface area contributed by atoms with Crippen molar-refractivity contribution < 1.29 is 14.3 Å². The first kappa shape index (κ1) is 15.6. The van der Waals surface area contributed by atoms with Gasteiger partial charge in [-0.05, 0) is 37.3 Å². The highest BCUT2D eigenvalue weighted by atomic mass is 16.5. The molecule has 22 heavy (non-hydrogen) atoms. The summed E-state index contributed by atoms with van der Waals surface area (Å²) in [6.07, 6.45) is 4.47. The van der Waals surface area contributed by atoms with Gasteiger partial charge in [-0.2, -0.15) is 0 Å². The average molecular weight is 298 g/mol. The quantitative estimate of drug-likeness (QED) is 0.657. The molecular weight excluding hydrogens is 280 g/mol. The lowest BCUT2D eigenvalue weighted by Crippen LogP contribution is -2.35. The molecule has 0 aliphatic carbocycles. The molecule has 1 atom stereocenters. The van der Waals surface area contributed by atoms with Crippen LogP contribution in [0.1, 0.15) is 17.3 Å². The zero-order valence-electron chi connectivity index (χ0n) is 12.4. The van der Waals surface area contributed by atoms with Crippen LogP contribution in [0.25, 0.3) is 5.69 Å². The Balaban J connectivity index is 2.05. The van der Waals surface area contributed by atoms with Gasteiger partial charge in [0.2, 0.25) is 0 Å². The molecule has 5 nitrogen and oxygen atoms in total. The van der Waals surface area contributed by atoms with Crippen LogP contribution in [0.5, 0.6) is 0 Å². The van der Waals surface area contributed by atoms with Gasteiger partial charge in [-0.15, -0.1) is 6.58 Å². The molecule has 0 saturated carbocycles. The maximum atomic E-state index is 12.1. The van der Waals surface area contributed by atoms with Crippen LogP contribution in [0.2, 0.25) is 0 Å². The number of aromatic nitrogens is 1. The van der Waals surface area contributed by atoms with Gasteiger partial charge in [-0.25, -0.2) is 4.79 Å². The van der Waals surface area contributed by atoms with Gasteiger partial charge in [0.1, 0.15) is 0 Å². The highest BCUT2D eigenvalue weighted by molar-refractivity contribution is 5.92. The van der Waals surface area contributed by atoms with Gasteiger partial charge >= 0.3 is 5.97 Å². The minimum atomic E-state index is -0.859. The van der Waals surface area contributed by atoms with E-state index in [0.717, 1.165) is 5.69 Å². The summed E-state index contributed by atoms with van der Waals surface area (Å²) >= 11 is 0. The van der Waals surface area contributed by atoms with Crippen LogP contribution in [-0.4, -0.2) is 29.1 Å². The maximum Gasteiger partial charge on any atom is 0.338 e. The minimum absolute atomic E-state index is 0.337. The van der Waals surface area contributed by atoms with Crippen molar-refractivity contribution in [2.45, 2.75) is 13.0 Å². The van der Waals surface area contributed by atoms with Crippen molar-refractivity contribution in [3.8, 4) is 5.69 Å². The fourth-order valence-corrected chi connectivity index (χ4v) is 1.90. The standard InChI is InChI=1S/C17H18N2O3/c1-3-9-18-16(20)13(2)22-17(21)14-7-6-8-15(12-14)19-10-4-5-11-19/h3-8,10-13H,1,9H2,2H3,(H,18,20)/t13-/m0/s1. The number of nitrogens with one attached hydrogen (secondary N) is 1. The molecule has 2 rings (SSSR count). The van der Waals surface area contributed by atoms with Crippen molar-refractivity contribution in [1.29, 1.82) is 0 Å². The first-order valence-corrected chi connectivity index (χ1v) is 6.95. The lowest BCUT2D eigenvalue weighted by molar-refractivity contribution is -0.128. The molecule has 114 valence electrons. The summed E-state index contributed by atoms with van der Waals surface area (Å²) in [6.45, 7) is 5.38. The van der Waals surface area contributed by atoms with Crippen molar-refractivity contribution in [1.82, 2.24) is 9.88 Å². The van der Waals surface area contributed by atoms with Crippen molar-refractivity contribution in [2.24, 2.45) is 0 Å². The normalized spacial score (nSPS) is 11.5. The van der Waals surface area contributed by atoms with Gasteiger partial charge in [-0.3, -0.25) is 4.79 Å². The number of carbonyl (C=O) groups is 2. The Hall–Kier alpha value is -2.82. The van der Waals surface area contributed by atoms with Crippen molar-refractivity contribution >= 4 is 11.9 Å². The molecule has 0 aliphatic heterocycles. The predicted octanol–water partition coefficient (Wildman–Crippen LogP) is 2.32. The van der Waals surface area contributed by atoms with E-state index in [0.29, 0.717) is 12.1 Å². The monoisotopic (exact) mass is 298 g/mol. The van der Waals surface area contributed by atoms with Crippen LogP contribution in [-0.2, 0) is 9.53 Å². The molecule has 0 unspecified atom stereocenters. The van der Waals surface area contributed by atoms with Crippen molar-refractivity contribution in [3.63, 3.8) is 0 Å². The molecule has 0 bridgehead atoms. The smallest absolute Gasteiger partial charge is 0.338 e. The van der Waals surface area contributed by atoms with Gasteiger partial charge in [0.05, 0.1) is 5.56 Å². The number of nitrogens with zero attached hydrogens (tertiary/aromatic N) is 1. The summed E-state index contributed by atoms with van der Waals surface area (Å²) in [5, 5.41) is 2.58. The topological polar surface area (TPSA) is 60.3 Å². The molecule has 1 aromatic heterocycles. The second kappa shape index (κ2) is 7.26. The number of benzene rings is 1. The van der Waals surface area contributed by atoms with E-state index >= 15 is 0 Å². The van der Waals surface area contributed by atoms with Gasteiger partial charge < -0.3 is 14.6 Å². The molecular formula is C17H18N2O3. The molecule has 0 fully saturated rings. The van der Waals surface area contributed by atoms with Crippen molar-refractivity contribution in [2.75, 3.05) is 6.54 Å². The highest BCUT2D eigenvalue weighted by Gasteiger charge is 2.18. The lowest BCUT2D eigenvalue weighted by Gasteiger charge is -2.13. The van der Waals surface area contributed by atoms with E-state index < -0.39 is 12.1 Å². The molecule has 0 aliphatic rings. The first-order valence-electron chi connectivity index (χ1n) is 6.95. The molecule has 5 heteroatoms. The Morgan fingerprint density at radius 3 is 2.73 bits per heavy atom. The summed E-state index contributed by atoms with van der Waals surface area (Å²) in [6, 6.07) is 10.8. The van der Waals surface area contributed by atoms with Crippen molar-refractivity contribution in [3.05, 3.63) is 67.0 Å². The Labute approximate surface area is 129 Å². The van der Waals surface area contributed by atoms with E-state index in [1.165, 1.54) is 6.92 Å². The predicted molar refractivity (Wildman–Crippen MR) is 83.9 cm³/mol. The average Bonchev–Trinajstić information content (AvgIpc) is 3.07. The van der Waals surface area contributed by atoms with Crippen LogP contribution >= 0.6 is 0 Å². The van der Waals surface area contributed by atoms with Crippen LogP contribution in [0, 0.1) is 0 Å². The first-order chi connectivity index (χ1) is 10.6. The van der Waals surface area contributed by atoms with Gasteiger partial charge in [0, 0.05) is 24.6 Å². The fourth-order valence-electron chi connectivity index (χ4n) is 1.90.